The quantitative estimate of drug-likeness (QED) is 0.711. The molecule has 0 fully saturated rings. The maximum absolute atomic E-state index is 11.9. The Morgan fingerprint density at radius 2 is 1.96 bits per heavy atom. The van der Waals surface area contributed by atoms with Gasteiger partial charge in [0.2, 0.25) is 5.91 Å². The highest BCUT2D eigenvalue weighted by Crippen LogP contribution is 2.19. The number of carbonyl (C=O) groups is 1. The molecule has 3 rings (SSSR count). The van der Waals surface area contributed by atoms with Crippen LogP contribution in [-0.2, 0) is 4.79 Å². The molecule has 3 aromatic rings. The smallest absolute Gasteiger partial charge is 0.244 e. The van der Waals surface area contributed by atoms with Gasteiger partial charge in [0.25, 0.3) is 0 Å². The van der Waals surface area contributed by atoms with Gasteiger partial charge in [-0.3, -0.25) is 4.79 Å². The van der Waals surface area contributed by atoms with Crippen LogP contribution in [0.15, 0.2) is 71.4 Å². The predicted molar refractivity (Wildman–Crippen MR) is 89.7 cm³/mol. The van der Waals surface area contributed by atoms with Gasteiger partial charge in [0.05, 0.1) is 12.8 Å². The van der Waals surface area contributed by atoms with E-state index < -0.39 is 6.10 Å². The Bertz CT molecular complexity index is 816. The van der Waals surface area contributed by atoms with Gasteiger partial charge in [-0.25, -0.2) is 0 Å². The van der Waals surface area contributed by atoms with Gasteiger partial charge in [-0.15, -0.1) is 0 Å². The molecule has 1 unspecified atom stereocenters. The van der Waals surface area contributed by atoms with Gasteiger partial charge in [-0.2, -0.15) is 0 Å². The molecule has 23 heavy (non-hydrogen) atoms. The lowest BCUT2D eigenvalue weighted by Gasteiger charge is -2.07. The van der Waals surface area contributed by atoms with Crippen LogP contribution in [0.3, 0.4) is 0 Å². The molecule has 1 heterocycles. The highest BCUT2D eigenvalue weighted by atomic mass is 16.4. The first-order valence-corrected chi connectivity index (χ1v) is 7.39. The van der Waals surface area contributed by atoms with Crippen molar-refractivity contribution >= 4 is 22.8 Å². The average Bonchev–Trinajstić information content (AvgIpc) is 3.12. The zero-order valence-corrected chi connectivity index (χ0v) is 12.5. The van der Waals surface area contributed by atoms with Crippen molar-refractivity contribution in [3.63, 3.8) is 0 Å². The Kier molecular flexibility index (Phi) is 4.54. The fourth-order valence-electron chi connectivity index (χ4n) is 2.40. The van der Waals surface area contributed by atoms with Crippen LogP contribution in [0.25, 0.3) is 16.8 Å². The summed E-state index contributed by atoms with van der Waals surface area (Å²) >= 11 is 0. The summed E-state index contributed by atoms with van der Waals surface area (Å²) in [5.74, 6) is 0.173. The fraction of sp³-hybridized carbons (Fsp3) is 0.105. The van der Waals surface area contributed by atoms with E-state index in [0.717, 1.165) is 16.3 Å². The molecule has 1 aromatic heterocycles. The molecule has 0 saturated carbocycles. The van der Waals surface area contributed by atoms with Crippen LogP contribution < -0.4 is 5.32 Å². The molecule has 0 spiro atoms. The maximum atomic E-state index is 11.9. The number of aliphatic hydroxyl groups excluding tert-OH is 1. The topological polar surface area (TPSA) is 62.5 Å². The van der Waals surface area contributed by atoms with Gasteiger partial charge < -0.3 is 14.8 Å². The highest BCUT2D eigenvalue weighted by Gasteiger charge is 2.10. The van der Waals surface area contributed by atoms with Crippen LogP contribution in [0.2, 0.25) is 0 Å². The van der Waals surface area contributed by atoms with Gasteiger partial charge in [-0.05, 0) is 34.5 Å². The largest absolute Gasteiger partial charge is 0.467 e. The van der Waals surface area contributed by atoms with E-state index in [-0.39, 0.29) is 12.5 Å². The lowest BCUT2D eigenvalue weighted by molar-refractivity contribution is -0.116. The zero-order chi connectivity index (χ0) is 16.1. The van der Waals surface area contributed by atoms with E-state index in [0.29, 0.717) is 5.76 Å². The third-order valence-corrected chi connectivity index (χ3v) is 3.58. The Morgan fingerprint density at radius 3 is 2.78 bits per heavy atom. The van der Waals surface area contributed by atoms with E-state index in [1.807, 2.05) is 42.5 Å². The first-order chi connectivity index (χ1) is 11.2. The van der Waals surface area contributed by atoms with Crippen LogP contribution in [0, 0.1) is 0 Å². The number of carbonyl (C=O) groups excluding carboxylic acids is 1. The SMILES string of the molecule is O=C(/C=C/c1cccc2ccccc12)NCC(O)c1ccco1. The molecular formula is C19H17NO3. The normalized spacial score (nSPS) is 12.6. The van der Waals surface area contributed by atoms with Crippen LogP contribution in [0.1, 0.15) is 17.4 Å². The molecule has 0 aliphatic heterocycles. The predicted octanol–water partition coefficient (Wildman–Crippen LogP) is 3.30. The molecule has 0 aliphatic rings. The van der Waals surface area contributed by atoms with Crippen molar-refractivity contribution in [2.45, 2.75) is 6.10 Å². The maximum Gasteiger partial charge on any atom is 0.244 e. The highest BCUT2D eigenvalue weighted by molar-refractivity contribution is 5.96. The number of hydrogen-bond donors (Lipinski definition) is 2. The molecule has 2 aromatic carbocycles. The molecule has 116 valence electrons. The molecule has 4 nitrogen and oxygen atoms in total. The standard InChI is InChI=1S/C19H17NO3/c21-17(18-9-4-12-23-18)13-20-19(22)11-10-15-7-3-6-14-5-1-2-8-16(14)15/h1-12,17,21H,13H2,(H,20,22)/b11-10+. The van der Waals surface area contributed by atoms with Crippen molar-refractivity contribution < 1.29 is 14.3 Å². The van der Waals surface area contributed by atoms with E-state index in [1.54, 1.807) is 18.2 Å². The first-order valence-electron chi connectivity index (χ1n) is 7.39. The number of nitrogens with one attached hydrogen (secondary N) is 1. The summed E-state index contributed by atoms with van der Waals surface area (Å²) in [6, 6.07) is 17.3. The number of hydrogen-bond acceptors (Lipinski definition) is 3. The Morgan fingerprint density at radius 1 is 1.13 bits per heavy atom. The summed E-state index contributed by atoms with van der Waals surface area (Å²) in [5.41, 5.74) is 0.977. The summed E-state index contributed by atoms with van der Waals surface area (Å²) in [6.45, 7) is 0.103. The number of benzene rings is 2. The second kappa shape index (κ2) is 6.94. The van der Waals surface area contributed by atoms with Crippen molar-refractivity contribution in [3.05, 3.63) is 78.3 Å². The van der Waals surface area contributed by atoms with Crippen molar-refractivity contribution in [1.29, 1.82) is 0 Å². The Hall–Kier alpha value is -2.85. The van der Waals surface area contributed by atoms with Crippen molar-refractivity contribution in [3.8, 4) is 0 Å². The molecule has 0 radical (unpaired) electrons. The van der Waals surface area contributed by atoms with E-state index in [9.17, 15) is 9.90 Å². The second-order valence-corrected chi connectivity index (χ2v) is 5.18. The average molecular weight is 307 g/mol. The molecule has 4 heteroatoms. The molecule has 0 bridgehead atoms. The first kappa shape index (κ1) is 15.1. The number of rotatable bonds is 5. The van der Waals surface area contributed by atoms with E-state index in [1.165, 1.54) is 12.3 Å². The van der Waals surface area contributed by atoms with Crippen LogP contribution in [-0.4, -0.2) is 17.6 Å². The lowest BCUT2D eigenvalue weighted by atomic mass is 10.0. The van der Waals surface area contributed by atoms with Gasteiger partial charge in [0.1, 0.15) is 11.9 Å². The molecule has 1 amide bonds. The van der Waals surface area contributed by atoms with Crippen LogP contribution in [0.4, 0.5) is 0 Å². The molecule has 2 N–H and O–H groups in total. The summed E-state index contributed by atoms with van der Waals surface area (Å²) in [7, 11) is 0. The fourth-order valence-corrected chi connectivity index (χ4v) is 2.40. The summed E-state index contributed by atoms with van der Waals surface area (Å²) in [5, 5.41) is 14.7. The minimum Gasteiger partial charge on any atom is -0.467 e. The van der Waals surface area contributed by atoms with Gasteiger partial charge in [0, 0.05) is 6.08 Å². The molecule has 0 saturated heterocycles. The van der Waals surface area contributed by atoms with Gasteiger partial charge in [-0.1, -0.05) is 42.5 Å². The minimum absolute atomic E-state index is 0.103. The monoisotopic (exact) mass is 307 g/mol. The Balaban J connectivity index is 1.64. The molecular weight excluding hydrogens is 290 g/mol. The van der Waals surface area contributed by atoms with E-state index in [2.05, 4.69) is 5.32 Å². The van der Waals surface area contributed by atoms with Gasteiger partial charge in [0.15, 0.2) is 0 Å². The lowest BCUT2D eigenvalue weighted by Crippen LogP contribution is -2.26. The third-order valence-electron chi connectivity index (χ3n) is 3.58. The van der Waals surface area contributed by atoms with Crippen LogP contribution >= 0.6 is 0 Å². The summed E-state index contributed by atoms with van der Waals surface area (Å²) in [4.78, 5) is 11.9. The van der Waals surface area contributed by atoms with Crippen LogP contribution in [0.5, 0.6) is 0 Å². The number of furan rings is 1. The van der Waals surface area contributed by atoms with E-state index >= 15 is 0 Å². The van der Waals surface area contributed by atoms with Crippen molar-refractivity contribution in [1.82, 2.24) is 5.32 Å². The molecule has 0 aliphatic carbocycles. The Labute approximate surface area is 134 Å². The number of amides is 1. The van der Waals surface area contributed by atoms with Crippen molar-refractivity contribution in [2.24, 2.45) is 0 Å². The summed E-state index contributed by atoms with van der Waals surface area (Å²) < 4.78 is 5.09. The summed E-state index contributed by atoms with van der Waals surface area (Å²) in [6.07, 6.45) is 3.88. The third kappa shape index (κ3) is 3.67. The zero-order valence-electron chi connectivity index (χ0n) is 12.5. The number of aliphatic hydroxyl groups is 1. The second-order valence-electron chi connectivity index (χ2n) is 5.18. The number of fused-ring (bicyclic) bond motifs is 1. The van der Waals surface area contributed by atoms with Crippen molar-refractivity contribution in [2.75, 3.05) is 6.54 Å². The van der Waals surface area contributed by atoms with Gasteiger partial charge >= 0.3 is 0 Å². The molecule has 1 atom stereocenters. The minimum atomic E-state index is -0.847. The van der Waals surface area contributed by atoms with E-state index in [4.69, 9.17) is 4.42 Å².